The van der Waals surface area contributed by atoms with Gasteiger partial charge in [-0.3, -0.25) is 19.2 Å². The maximum absolute atomic E-state index is 13.6. The summed E-state index contributed by atoms with van der Waals surface area (Å²) in [5.41, 5.74) is -0.544. The van der Waals surface area contributed by atoms with Crippen LogP contribution in [0.25, 0.3) is 0 Å². The minimum absolute atomic E-state index is 0.0426. The molecule has 0 aliphatic heterocycles. The van der Waals surface area contributed by atoms with Crippen LogP contribution in [0.2, 0.25) is 0 Å². The van der Waals surface area contributed by atoms with Crippen molar-refractivity contribution in [2.75, 3.05) is 0 Å². The van der Waals surface area contributed by atoms with E-state index in [1.807, 2.05) is 0 Å². The first-order chi connectivity index (χ1) is 13.6. The first kappa shape index (κ1) is 21.2. The molecule has 4 aliphatic rings. The van der Waals surface area contributed by atoms with Crippen molar-refractivity contribution in [3.05, 3.63) is 0 Å². The summed E-state index contributed by atoms with van der Waals surface area (Å²) in [6, 6.07) is 0. The molecule has 5 heteroatoms. The van der Waals surface area contributed by atoms with Crippen LogP contribution in [-0.2, 0) is 19.2 Å². The normalized spacial score (nSPS) is 45.4. The monoisotopic (exact) mass is 420 g/mol. The molecule has 4 aliphatic carbocycles. The van der Waals surface area contributed by atoms with E-state index in [9.17, 15) is 19.2 Å². The summed E-state index contributed by atoms with van der Waals surface area (Å²) in [4.78, 5) is 50.2. The largest absolute Gasteiger partial charge is 0.300 e. The summed E-state index contributed by atoms with van der Waals surface area (Å²) in [6.45, 7) is 6.47. The second kappa shape index (κ2) is 7.28. The fourth-order valence-corrected chi connectivity index (χ4v) is 8.04. The molecule has 4 unspecified atom stereocenters. The van der Waals surface area contributed by atoms with E-state index >= 15 is 0 Å². The first-order valence-electron chi connectivity index (χ1n) is 11.3. The smallest absolute Gasteiger partial charge is 0.221 e. The van der Waals surface area contributed by atoms with Crippen molar-refractivity contribution in [1.82, 2.24) is 0 Å². The first-order valence-corrected chi connectivity index (χ1v) is 11.7. The Morgan fingerprint density at radius 2 is 1.83 bits per heavy atom. The Morgan fingerprint density at radius 3 is 2.52 bits per heavy atom. The summed E-state index contributed by atoms with van der Waals surface area (Å²) in [6.07, 6.45) is 5.80. The van der Waals surface area contributed by atoms with Gasteiger partial charge in [-0.05, 0) is 72.3 Å². The maximum Gasteiger partial charge on any atom is 0.221 e. The van der Waals surface area contributed by atoms with E-state index in [4.69, 9.17) is 11.6 Å². The van der Waals surface area contributed by atoms with Gasteiger partial charge in [-0.2, -0.15) is 0 Å². The van der Waals surface area contributed by atoms with Crippen LogP contribution in [0.4, 0.5) is 0 Å². The van der Waals surface area contributed by atoms with Crippen LogP contribution in [0, 0.1) is 46.3 Å². The van der Waals surface area contributed by atoms with E-state index in [1.165, 1.54) is 0 Å². The number of fused-ring (bicyclic) bond motifs is 5. The zero-order valence-electron chi connectivity index (χ0n) is 17.8. The number of ketones is 3. The number of Topliss-reactive ketones (excluding diaryl/α,β-unsaturated/α-hetero) is 3. The van der Waals surface area contributed by atoms with Crippen molar-refractivity contribution in [1.29, 1.82) is 0 Å². The number of rotatable bonds is 4. The van der Waals surface area contributed by atoms with Gasteiger partial charge in [-0.25, -0.2) is 0 Å². The highest BCUT2D eigenvalue weighted by Gasteiger charge is 2.66. The Kier molecular flexibility index (Phi) is 5.33. The standard InChI is InChI=1S/C24H33ClO4/c1-13(4-7-21(25)29)16-5-6-17-22-18(12-20(28)24(16,17)3)23(2)9-8-15(26)10-14(23)11-19(22)27/h13-14,16-18,22H,4-12H2,1-3H3/t13-,14?,16-,17?,18?,22?,23+,24-/m1/s1. The lowest BCUT2D eigenvalue weighted by Crippen LogP contribution is -2.60. The van der Waals surface area contributed by atoms with Crippen LogP contribution in [-0.4, -0.2) is 22.6 Å². The molecule has 29 heavy (non-hydrogen) atoms. The zero-order valence-corrected chi connectivity index (χ0v) is 18.6. The van der Waals surface area contributed by atoms with Crippen molar-refractivity contribution >= 4 is 34.2 Å². The van der Waals surface area contributed by atoms with Crippen LogP contribution >= 0.6 is 11.6 Å². The fourth-order valence-electron chi connectivity index (χ4n) is 7.93. The lowest BCUT2D eigenvalue weighted by atomic mass is 9.44. The molecule has 0 aromatic rings. The van der Waals surface area contributed by atoms with Crippen LogP contribution in [0.15, 0.2) is 0 Å². The SMILES string of the molecule is C[C@H](CCC(=O)Cl)[C@H]1CCC2C3C(=O)CC4CC(=O)CC[C@]4(C)C3CC(=O)[C@@]21C. The number of carbonyl (C=O) groups excluding carboxylic acids is 4. The Hall–Kier alpha value is -1.03. The van der Waals surface area contributed by atoms with E-state index in [2.05, 4.69) is 20.8 Å². The van der Waals surface area contributed by atoms with Gasteiger partial charge < -0.3 is 0 Å². The van der Waals surface area contributed by atoms with Gasteiger partial charge in [-0.15, -0.1) is 0 Å². The minimum atomic E-state index is -0.473. The topological polar surface area (TPSA) is 68.3 Å². The highest BCUT2D eigenvalue weighted by molar-refractivity contribution is 6.63. The Labute approximate surface area is 178 Å². The average Bonchev–Trinajstić information content (AvgIpc) is 3.01. The van der Waals surface area contributed by atoms with E-state index in [0.717, 1.165) is 19.3 Å². The molecule has 0 amide bonds. The number of hydrogen-bond acceptors (Lipinski definition) is 4. The molecular weight excluding hydrogens is 388 g/mol. The van der Waals surface area contributed by atoms with E-state index in [-0.39, 0.29) is 51.9 Å². The molecule has 0 bridgehead atoms. The number of halogens is 1. The molecule has 0 aromatic heterocycles. The molecule has 0 spiro atoms. The molecule has 8 atom stereocenters. The summed E-state index contributed by atoms with van der Waals surface area (Å²) in [7, 11) is 0. The number of hydrogen-bond donors (Lipinski definition) is 0. The van der Waals surface area contributed by atoms with Gasteiger partial charge in [0.25, 0.3) is 0 Å². The third kappa shape index (κ3) is 3.16. The average molecular weight is 421 g/mol. The Morgan fingerprint density at radius 1 is 1.10 bits per heavy atom. The second-order valence-corrected chi connectivity index (χ2v) is 11.2. The van der Waals surface area contributed by atoms with Crippen molar-refractivity contribution < 1.29 is 19.2 Å². The van der Waals surface area contributed by atoms with E-state index < -0.39 is 5.41 Å². The van der Waals surface area contributed by atoms with Gasteiger partial charge in [0.1, 0.15) is 17.3 Å². The molecule has 4 nitrogen and oxygen atoms in total. The highest BCUT2D eigenvalue weighted by Crippen LogP contribution is 2.66. The van der Waals surface area contributed by atoms with Crippen molar-refractivity contribution in [2.24, 2.45) is 46.3 Å². The molecule has 4 fully saturated rings. The molecule has 0 N–H and O–H groups in total. The molecule has 160 valence electrons. The van der Waals surface area contributed by atoms with Crippen LogP contribution in [0.3, 0.4) is 0 Å². The molecule has 0 heterocycles. The van der Waals surface area contributed by atoms with Gasteiger partial charge in [0.15, 0.2) is 0 Å². The van der Waals surface area contributed by atoms with E-state index in [1.54, 1.807) is 0 Å². The van der Waals surface area contributed by atoms with Gasteiger partial charge in [-0.1, -0.05) is 20.8 Å². The molecule has 0 aromatic carbocycles. The van der Waals surface area contributed by atoms with Crippen LogP contribution in [0.1, 0.15) is 78.6 Å². The molecule has 4 saturated carbocycles. The highest BCUT2D eigenvalue weighted by atomic mass is 35.5. The summed E-state index contributed by atoms with van der Waals surface area (Å²) >= 11 is 5.56. The van der Waals surface area contributed by atoms with Crippen LogP contribution < -0.4 is 0 Å². The second-order valence-electron chi connectivity index (χ2n) is 10.8. The van der Waals surface area contributed by atoms with Crippen LogP contribution in [0.5, 0.6) is 0 Å². The number of carbonyl (C=O) groups is 4. The fraction of sp³-hybridized carbons (Fsp3) is 0.833. The Bertz CT molecular complexity index is 760. The lowest BCUT2D eigenvalue weighted by molar-refractivity contribution is -0.166. The van der Waals surface area contributed by atoms with E-state index in [0.29, 0.717) is 50.1 Å². The van der Waals surface area contributed by atoms with Gasteiger partial charge in [0, 0.05) is 43.4 Å². The third-order valence-corrected chi connectivity index (χ3v) is 9.89. The molecule has 0 saturated heterocycles. The van der Waals surface area contributed by atoms with Gasteiger partial charge >= 0.3 is 0 Å². The predicted molar refractivity (Wildman–Crippen MR) is 110 cm³/mol. The zero-order chi connectivity index (χ0) is 21.1. The predicted octanol–water partition coefficient (Wildman–Crippen LogP) is 4.75. The van der Waals surface area contributed by atoms with Crippen molar-refractivity contribution in [3.8, 4) is 0 Å². The molecular formula is C24H33ClO4. The summed E-state index contributed by atoms with van der Waals surface area (Å²) in [5.74, 6) is 1.59. The van der Waals surface area contributed by atoms with Crippen molar-refractivity contribution in [2.45, 2.75) is 78.6 Å². The van der Waals surface area contributed by atoms with Gasteiger partial charge in [0.2, 0.25) is 5.24 Å². The van der Waals surface area contributed by atoms with Gasteiger partial charge in [0.05, 0.1) is 0 Å². The maximum atomic E-state index is 13.6. The third-order valence-electron chi connectivity index (χ3n) is 9.70. The summed E-state index contributed by atoms with van der Waals surface area (Å²) in [5, 5.41) is -0.320. The van der Waals surface area contributed by atoms with Crippen molar-refractivity contribution in [3.63, 3.8) is 0 Å². The minimum Gasteiger partial charge on any atom is -0.300 e. The quantitative estimate of drug-likeness (QED) is 0.615. The summed E-state index contributed by atoms with van der Waals surface area (Å²) < 4.78 is 0. The lowest BCUT2D eigenvalue weighted by Gasteiger charge is -2.58. The molecule has 0 radical (unpaired) electrons. The molecule has 4 rings (SSSR count). The Balaban J connectivity index is 1.63.